The van der Waals surface area contributed by atoms with Crippen molar-refractivity contribution >= 4 is 6.29 Å². The maximum atomic E-state index is 10.4. The van der Waals surface area contributed by atoms with E-state index in [1.54, 1.807) is 6.20 Å². The van der Waals surface area contributed by atoms with Gasteiger partial charge in [-0.3, -0.25) is 9.89 Å². The van der Waals surface area contributed by atoms with Crippen LogP contribution >= 0.6 is 0 Å². The average molecular weight is 152 g/mol. The van der Waals surface area contributed by atoms with Crippen molar-refractivity contribution in [2.24, 2.45) is 5.92 Å². The van der Waals surface area contributed by atoms with E-state index >= 15 is 0 Å². The Bertz CT molecular complexity index is 240. The van der Waals surface area contributed by atoms with Crippen molar-refractivity contribution in [2.75, 3.05) is 0 Å². The van der Waals surface area contributed by atoms with Gasteiger partial charge in [0.2, 0.25) is 0 Å². The molecule has 1 aromatic heterocycles. The predicted molar refractivity (Wildman–Crippen MR) is 42.5 cm³/mol. The van der Waals surface area contributed by atoms with Gasteiger partial charge in [0.25, 0.3) is 0 Å². The van der Waals surface area contributed by atoms with Crippen LogP contribution in [0, 0.1) is 5.92 Å². The summed E-state index contributed by atoms with van der Waals surface area (Å²) in [5, 5.41) is 6.60. The van der Waals surface area contributed by atoms with E-state index in [-0.39, 0.29) is 0 Å². The van der Waals surface area contributed by atoms with Crippen molar-refractivity contribution in [3.63, 3.8) is 0 Å². The van der Waals surface area contributed by atoms with Crippen molar-refractivity contribution in [1.82, 2.24) is 10.2 Å². The number of carbonyl (C=O) groups is 1. The zero-order valence-electron chi connectivity index (χ0n) is 6.79. The predicted octanol–water partition coefficient (Wildman–Crippen LogP) is 1.42. The van der Waals surface area contributed by atoms with Crippen LogP contribution in [0.4, 0.5) is 0 Å². The Labute approximate surface area is 65.8 Å². The van der Waals surface area contributed by atoms with E-state index < -0.39 is 0 Å². The van der Waals surface area contributed by atoms with Gasteiger partial charge in [-0.2, -0.15) is 5.10 Å². The molecule has 0 aliphatic rings. The third-order valence-corrected chi connectivity index (χ3v) is 1.49. The first-order chi connectivity index (χ1) is 5.24. The fourth-order valence-corrected chi connectivity index (χ4v) is 0.996. The number of aldehydes is 1. The van der Waals surface area contributed by atoms with Gasteiger partial charge in [-0.05, 0) is 12.3 Å². The molecule has 0 amide bonds. The lowest BCUT2D eigenvalue weighted by atomic mass is 10.1. The third kappa shape index (κ3) is 1.90. The minimum atomic E-state index is 0.550. The molecule has 0 aliphatic carbocycles. The highest BCUT2D eigenvalue weighted by Gasteiger charge is 2.04. The number of aromatic amines is 1. The maximum absolute atomic E-state index is 10.4. The number of carbonyl (C=O) groups excluding carboxylic acids is 1. The molecule has 1 heterocycles. The van der Waals surface area contributed by atoms with Gasteiger partial charge >= 0.3 is 0 Å². The highest BCUT2D eigenvalue weighted by atomic mass is 16.1. The van der Waals surface area contributed by atoms with Crippen LogP contribution in [0.25, 0.3) is 0 Å². The molecule has 3 heteroatoms. The van der Waals surface area contributed by atoms with E-state index in [1.807, 2.05) is 0 Å². The van der Waals surface area contributed by atoms with Crippen molar-refractivity contribution in [3.05, 3.63) is 17.5 Å². The molecule has 0 fully saturated rings. The van der Waals surface area contributed by atoms with E-state index in [2.05, 4.69) is 24.0 Å². The van der Waals surface area contributed by atoms with Crippen LogP contribution in [-0.4, -0.2) is 16.5 Å². The zero-order chi connectivity index (χ0) is 8.27. The molecule has 0 saturated carbocycles. The minimum Gasteiger partial charge on any atom is -0.298 e. The molecule has 0 bridgehead atoms. The Hall–Kier alpha value is -1.12. The Balaban J connectivity index is 2.76. The lowest BCUT2D eigenvalue weighted by Gasteiger charge is -2.00. The molecular weight excluding hydrogens is 140 g/mol. The van der Waals surface area contributed by atoms with Gasteiger partial charge < -0.3 is 0 Å². The summed E-state index contributed by atoms with van der Waals surface area (Å²) < 4.78 is 0. The van der Waals surface area contributed by atoms with Gasteiger partial charge in [-0.1, -0.05) is 13.8 Å². The van der Waals surface area contributed by atoms with E-state index in [1.165, 1.54) is 0 Å². The van der Waals surface area contributed by atoms with Gasteiger partial charge in [0.15, 0.2) is 6.29 Å². The number of hydrogen-bond donors (Lipinski definition) is 1. The minimum absolute atomic E-state index is 0.550. The topological polar surface area (TPSA) is 45.8 Å². The van der Waals surface area contributed by atoms with Crippen LogP contribution in [-0.2, 0) is 6.42 Å². The molecule has 0 saturated heterocycles. The van der Waals surface area contributed by atoms with Crippen molar-refractivity contribution in [3.8, 4) is 0 Å². The summed E-state index contributed by atoms with van der Waals surface area (Å²) in [6.07, 6.45) is 3.28. The smallest absolute Gasteiger partial charge is 0.153 e. The van der Waals surface area contributed by atoms with Crippen LogP contribution in [0.1, 0.15) is 29.9 Å². The number of aromatic nitrogens is 2. The molecule has 1 N–H and O–H groups in total. The largest absolute Gasteiger partial charge is 0.298 e. The first-order valence-electron chi connectivity index (χ1n) is 3.71. The fourth-order valence-electron chi connectivity index (χ4n) is 0.996. The molecule has 1 rings (SSSR count). The number of H-pyrrole nitrogens is 1. The Morgan fingerprint density at radius 2 is 2.45 bits per heavy atom. The average Bonchev–Trinajstić information content (AvgIpc) is 2.34. The van der Waals surface area contributed by atoms with Crippen molar-refractivity contribution < 1.29 is 4.79 Å². The monoisotopic (exact) mass is 152 g/mol. The van der Waals surface area contributed by atoms with E-state index in [9.17, 15) is 4.79 Å². The van der Waals surface area contributed by atoms with Crippen molar-refractivity contribution in [2.45, 2.75) is 20.3 Å². The van der Waals surface area contributed by atoms with Gasteiger partial charge in [-0.25, -0.2) is 0 Å². The highest BCUT2D eigenvalue weighted by molar-refractivity contribution is 5.75. The fraction of sp³-hybridized carbons (Fsp3) is 0.500. The van der Waals surface area contributed by atoms with E-state index in [0.29, 0.717) is 11.5 Å². The van der Waals surface area contributed by atoms with Gasteiger partial charge in [0.05, 0.1) is 11.8 Å². The summed E-state index contributed by atoms with van der Waals surface area (Å²) in [6.45, 7) is 4.21. The molecule has 0 spiro atoms. The molecular formula is C8H12N2O. The lowest BCUT2D eigenvalue weighted by Crippen LogP contribution is -1.97. The molecule has 11 heavy (non-hydrogen) atoms. The number of nitrogens with zero attached hydrogens (tertiary/aromatic N) is 1. The molecule has 0 unspecified atom stereocenters. The number of nitrogens with one attached hydrogen (secondary N) is 1. The second-order valence-corrected chi connectivity index (χ2v) is 3.02. The quantitative estimate of drug-likeness (QED) is 0.666. The molecule has 1 aromatic rings. The van der Waals surface area contributed by atoms with Gasteiger partial charge in [0, 0.05) is 5.69 Å². The molecule has 0 aromatic carbocycles. The van der Waals surface area contributed by atoms with Crippen LogP contribution in [0.15, 0.2) is 6.20 Å². The Morgan fingerprint density at radius 3 is 3.00 bits per heavy atom. The number of hydrogen-bond acceptors (Lipinski definition) is 2. The zero-order valence-corrected chi connectivity index (χ0v) is 6.79. The molecule has 60 valence electrons. The Kier molecular flexibility index (Phi) is 2.41. The second-order valence-electron chi connectivity index (χ2n) is 3.02. The van der Waals surface area contributed by atoms with Crippen LogP contribution in [0.5, 0.6) is 0 Å². The second kappa shape index (κ2) is 3.32. The van der Waals surface area contributed by atoms with Gasteiger partial charge in [-0.15, -0.1) is 0 Å². The first-order valence-corrected chi connectivity index (χ1v) is 3.71. The normalized spacial score (nSPS) is 10.5. The van der Waals surface area contributed by atoms with Crippen LogP contribution in [0.2, 0.25) is 0 Å². The van der Waals surface area contributed by atoms with Crippen LogP contribution < -0.4 is 0 Å². The summed E-state index contributed by atoms with van der Waals surface area (Å²) in [4.78, 5) is 10.4. The number of rotatable bonds is 3. The molecule has 0 aliphatic heterocycles. The maximum Gasteiger partial charge on any atom is 0.153 e. The molecule has 0 atom stereocenters. The van der Waals surface area contributed by atoms with Crippen LogP contribution in [0.3, 0.4) is 0 Å². The standard InChI is InChI=1S/C8H12N2O/c1-6(2)3-8-7(5-11)4-9-10-8/h4-6H,3H2,1-2H3,(H,9,10). The summed E-state index contributed by atoms with van der Waals surface area (Å²) >= 11 is 0. The van der Waals surface area contributed by atoms with E-state index in [4.69, 9.17) is 0 Å². The summed E-state index contributed by atoms with van der Waals surface area (Å²) in [7, 11) is 0. The van der Waals surface area contributed by atoms with Crippen molar-refractivity contribution in [1.29, 1.82) is 0 Å². The third-order valence-electron chi connectivity index (χ3n) is 1.49. The summed E-state index contributed by atoms with van der Waals surface area (Å²) in [6, 6.07) is 0. The summed E-state index contributed by atoms with van der Waals surface area (Å²) in [5.74, 6) is 0.550. The van der Waals surface area contributed by atoms with Gasteiger partial charge in [0.1, 0.15) is 0 Å². The summed E-state index contributed by atoms with van der Waals surface area (Å²) in [5.41, 5.74) is 1.62. The Morgan fingerprint density at radius 1 is 1.73 bits per heavy atom. The highest BCUT2D eigenvalue weighted by Crippen LogP contribution is 2.07. The molecule has 0 radical (unpaired) electrons. The molecule has 3 nitrogen and oxygen atoms in total. The van der Waals surface area contributed by atoms with E-state index in [0.717, 1.165) is 18.4 Å². The lowest BCUT2D eigenvalue weighted by molar-refractivity contribution is 0.112. The first kappa shape index (κ1) is 7.98. The SMILES string of the molecule is CC(C)Cc1[nH]ncc1C=O.